The maximum absolute atomic E-state index is 12.8. The van der Waals surface area contributed by atoms with E-state index in [1.54, 1.807) is 36.4 Å². The van der Waals surface area contributed by atoms with Crippen molar-refractivity contribution in [3.63, 3.8) is 0 Å². The third kappa shape index (κ3) is 5.19. The molecule has 3 aromatic carbocycles. The lowest BCUT2D eigenvalue weighted by Crippen LogP contribution is -2.14. The van der Waals surface area contributed by atoms with Gasteiger partial charge in [-0.15, -0.1) is 0 Å². The van der Waals surface area contributed by atoms with Gasteiger partial charge in [0.15, 0.2) is 5.75 Å². The molecule has 0 aliphatic heterocycles. The molecule has 0 fully saturated rings. The van der Waals surface area contributed by atoms with Gasteiger partial charge in [0.1, 0.15) is 4.90 Å². The minimum atomic E-state index is -3.94. The van der Waals surface area contributed by atoms with Gasteiger partial charge in [0.05, 0.1) is 0 Å². The van der Waals surface area contributed by atoms with E-state index >= 15 is 0 Å². The first-order valence-electron chi connectivity index (χ1n) is 9.02. The molecule has 0 N–H and O–H groups in total. The van der Waals surface area contributed by atoms with Crippen LogP contribution in [0.3, 0.4) is 0 Å². The van der Waals surface area contributed by atoms with Crippen molar-refractivity contribution in [2.45, 2.75) is 11.8 Å². The smallest absolute Gasteiger partial charge is 0.339 e. The van der Waals surface area contributed by atoms with Crippen LogP contribution in [-0.2, 0) is 10.1 Å². The molecule has 150 valence electrons. The summed E-state index contributed by atoms with van der Waals surface area (Å²) in [6.07, 6.45) is 2.03. The average molecular weight is 519 g/mol. The number of halogens is 1. The van der Waals surface area contributed by atoms with E-state index in [1.165, 1.54) is 0 Å². The number of hydrogen-bond acceptors (Lipinski definition) is 4. The third-order valence-electron chi connectivity index (χ3n) is 4.35. The molecular formula is C23H22INO3S. The van der Waals surface area contributed by atoms with Crippen molar-refractivity contribution in [3.8, 4) is 5.75 Å². The molecular weight excluding hydrogens is 497 g/mol. The Kier molecular flexibility index (Phi) is 6.64. The number of aryl methyl sites for hydroxylation is 1. The van der Waals surface area contributed by atoms with E-state index in [0.29, 0.717) is 11.3 Å². The molecule has 0 heterocycles. The van der Waals surface area contributed by atoms with E-state index < -0.39 is 10.1 Å². The molecule has 29 heavy (non-hydrogen) atoms. The minimum Gasteiger partial charge on any atom is -0.378 e. The Bertz CT molecular complexity index is 1140. The van der Waals surface area contributed by atoms with Crippen LogP contribution in [0.25, 0.3) is 11.8 Å². The first-order valence-corrected chi connectivity index (χ1v) is 11.5. The van der Waals surface area contributed by atoms with Crippen LogP contribution < -0.4 is 4.18 Å². The second-order valence-electron chi connectivity index (χ2n) is 6.79. The zero-order valence-corrected chi connectivity index (χ0v) is 19.4. The summed E-state index contributed by atoms with van der Waals surface area (Å²) in [7, 11) is -0.0930. The highest BCUT2D eigenvalue weighted by atomic mass is 127. The normalized spacial score (nSPS) is 11.9. The maximum Gasteiger partial charge on any atom is 0.339 e. The molecule has 4 nitrogen and oxygen atoms in total. The van der Waals surface area contributed by atoms with Crippen molar-refractivity contribution in [1.29, 1.82) is 0 Å². The largest absolute Gasteiger partial charge is 0.378 e. The van der Waals surface area contributed by atoms with Gasteiger partial charge in [-0.1, -0.05) is 48.0 Å². The minimum absolute atomic E-state index is 0.130. The van der Waals surface area contributed by atoms with Gasteiger partial charge in [0.2, 0.25) is 0 Å². The standard InChI is InChI=1S/C23H22INO3S/c1-17-12-14-19(15-13-17)29(26,27)28-23-11-7-5-9-20(23)22(25(2)3)16-18-8-4-6-10-21(18)24/h4-16H,1-3H3/b22-16+. The van der Waals surface area contributed by atoms with E-state index in [9.17, 15) is 8.42 Å². The van der Waals surface area contributed by atoms with Gasteiger partial charge in [-0.2, -0.15) is 8.42 Å². The Morgan fingerprint density at radius 3 is 2.21 bits per heavy atom. The van der Waals surface area contributed by atoms with E-state index in [1.807, 2.05) is 68.4 Å². The fourth-order valence-electron chi connectivity index (χ4n) is 2.81. The van der Waals surface area contributed by atoms with Crippen LogP contribution in [-0.4, -0.2) is 27.4 Å². The predicted molar refractivity (Wildman–Crippen MR) is 126 cm³/mol. The SMILES string of the molecule is Cc1ccc(S(=O)(=O)Oc2ccccc2/C(=C\c2ccccc2I)N(C)C)cc1. The molecule has 0 aromatic heterocycles. The summed E-state index contributed by atoms with van der Waals surface area (Å²) in [6.45, 7) is 1.91. The molecule has 0 saturated heterocycles. The Hall–Kier alpha value is -2.32. The predicted octanol–water partition coefficient (Wildman–Crippen LogP) is 5.43. The van der Waals surface area contributed by atoms with Crippen LogP contribution in [0, 0.1) is 10.5 Å². The van der Waals surface area contributed by atoms with Gasteiger partial charge < -0.3 is 9.08 Å². The fraction of sp³-hybridized carbons (Fsp3) is 0.130. The molecule has 0 bridgehead atoms. The summed E-state index contributed by atoms with van der Waals surface area (Å²) >= 11 is 2.29. The third-order valence-corrected chi connectivity index (χ3v) is 6.58. The number of nitrogens with zero attached hydrogens (tertiary/aromatic N) is 1. The molecule has 6 heteroatoms. The lowest BCUT2D eigenvalue weighted by molar-refractivity contribution is 0.483. The lowest BCUT2D eigenvalue weighted by atomic mass is 10.1. The Balaban J connectivity index is 2.05. The second kappa shape index (κ2) is 9.00. The number of hydrogen-bond donors (Lipinski definition) is 0. The highest BCUT2D eigenvalue weighted by molar-refractivity contribution is 14.1. The zero-order valence-electron chi connectivity index (χ0n) is 16.5. The molecule has 0 unspecified atom stereocenters. The first-order chi connectivity index (χ1) is 13.8. The summed E-state index contributed by atoms with van der Waals surface area (Å²) < 4.78 is 32.3. The number of rotatable bonds is 6. The van der Waals surface area contributed by atoms with Crippen molar-refractivity contribution in [2.75, 3.05) is 14.1 Å². The molecule has 3 rings (SSSR count). The summed E-state index contributed by atoms with van der Waals surface area (Å²) in [5.41, 5.74) is 3.59. The van der Waals surface area contributed by atoms with E-state index in [2.05, 4.69) is 22.6 Å². The Morgan fingerprint density at radius 2 is 1.55 bits per heavy atom. The quantitative estimate of drug-likeness (QED) is 0.248. The van der Waals surface area contributed by atoms with Gasteiger partial charge in [-0.05, 0) is 71.5 Å². The molecule has 0 aliphatic rings. The monoisotopic (exact) mass is 519 g/mol. The van der Waals surface area contributed by atoms with E-state index in [0.717, 1.165) is 20.4 Å². The number of benzene rings is 3. The Morgan fingerprint density at radius 1 is 0.931 bits per heavy atom. The van der Waals surface area contributed by atoms with Crippen LogP contribution >= 0.6 is 22.6 Å². The zero-order chi connectivity index (χ0) is 21.0. The maximum atomic E-state index is 12.8. The van der Waals surface area contributed by atoms with Crippen molar-refractivity contribution in [3.05, 3.63) is 93.1 Å². The summed E-state index contributed by atoms with van der Waals surface area (Å²) in [4.78, 5) is 2.08. The van der Waals surface area contributed by atoms with Gasteiger partial charge in [-0.3, -0.25) is 0 Å². The molecule has 0 saturated carbocycles. The lowest BCUT2D eigenvalue weighted by Gasteiger charge is -2.21. The van der Waals surface area contributed by atoms with E-state index in [4.69, 9.17) is 4.18 Å². The molecule has 0 aliphatic carbocycles. The molecule has 3 aromatic rings. The Labute approximate surface area is 186 Å². The number of para-hydroxylation sites is 1. The van der Waals surface area contributed by atoms with Crippen LogP contribution in [0.5, 0.6) is 5.75 Å². The molecule has 0 spiro atoms. The molecule has 0 amide bonds. The summed E-state index contributed by atoms with van der Waals surface area (Å²) in [5.74, 6) is 0.291. The highest BCUT2D eigenvalue weighted by Crippen LogP contribution is 2.32. The average Bonchev–Trinajstić information content (AvgIpc) is 2.68. The van der Waals surface area contributed by atoms with Crippen molar-refractivity contribution in [1.82, 2.24) is 4.90 Å². The van der Waals surface area contributed by atoms with Gasteiger partial charge in [-0.25, -0.2) is 0 Å². The van der Waals surface area contributed by atoms with Crippen LogP contribution in [0.2, 0.25) is 0 Å². The fourth-order valence-corrected chi connectivity index (χ4v) is 4.30. The van der Waals surface area contributed by atoms with Crippen LogP contribution in [0.15, 0.2) is 77.7 Å². The highest BCUT2D eigenvalue weighted by Gasteiger charge is 2.20. The van der Waals surface area contributed by atoms with Gasteiger partial charge in [0.25, 0.3) is 0 Å². The van der Waals surface area contributed by atoms with Crippen LogP contribution in [0.1, 0.15) is 16.7 Å². The van der Waals surface area contributed by atoms with Gasteiger partial charge >= 0.3 is 10.1 Å². The van der Waals surface area contributed by atoms with Crippen molar-refractivity contribution in [2.24, 2.45) is 0 Å². The topological polar surface area (TPSA) is 46.6 Å². The second-order valence-corrected chi connectivity index (χ2v) is 9.50. The van der Waals surface area contributed by atoms with Crippen molar-refractivity contribution >= 4 is 44.5 Å². The molecule has 0 atom stereocenters. The summed E-state index contributed by atoms with van der Waals surface area (Å²) in [5, 5.41) is 0. The molecule has 0 radical (unpaired) electrons. The first kappa shape index (κ1) is 21.4. The van der Waals surface area contributed by atoms with Crippen LogP contribution in [0.4, 0.5) is 0 Å². The van der Waals surface area contributed by atoms with Crippen molar-refractivity contribution < 1.29 is 12.6 Å². The summed E-state index contributed by atoms with van der Waals surface area (Å²) in [6, 6.07) is 21.8. The van der Waals surface area contributed by atoms with Gasteiger partial charge in [0, 0.05) is 28.9 Å². The van der Waals surface area contributed by atoms with E-state index in [-0.39, 0.29) is 4.90 Å².